The predicted octanol–water partition coefficient (Wildman–Crippen LogP) is 5.62. The number of rotatable bonds is 6. The molecular formula is C23H26ClFN2O. The van der Waals surface area contributed by atoms with Crippen molar-refractivity contribution in [3.8, 4) is 5.75 Å². The summed E-state index contributed by atoms with van der Waals surface area (Å²) in [7, 11) is 0. The molecule has 3 nitrogen and oxygen atoms in total. The number of fused-ring (bicyclic) bond motifs is 1. The van der Waals surface area contributed by atoms with Crippen molar-refractivity contribution in [1.82, 2.24) is 10.3 Å². The zero-order chi connectivity index (χ0) is 18.8. The average Bonchev–Trinajstić information content (AvgIpc) is 2.66. The van der Waals surface area contributed by atoms with E-state index in [1.807, 2.05) is 32.3 Å². The zero-order valence-electron chi connectivity index (χ0n) is 16.2. The van der Waals surface area contributed by atoms with Crippen molar-refractivity contribution in [2.45, 2.75) is 51.3 Å². The molecule has 0 amide bonds. The molecular weight excluding hydrogens is 375 g/mol. The Bertz CT molecular complexity index is 942. The Morgan fingerprint density at radius 2 is 2.04 bits per heavy atom. The van der Waals surface area contributed by atoms with E-state index in [-0.39, 0.29) is 30.2 Å². The molecule has 1 aliphatic rings. The van der Waals surface area contributed by atoms with E-state index in [1.54, 1.807) is 6.07 Å². The van der Waals surface area contributed by atoms with Crippen molar-refractivity contribution < 1.29 is 9.13 Å². The van der Waals surface area contributed by atoms with Crippen molar-refractivity contribution >= 4 is 23.2 Å². The van der Waals surface area contributed by atoms with E-state index in [9.17, 15) is 4.39 Å². The lowest BCUT2D eigenvalue weighted by Gasteiger charge is -2.37. The second kappa shape index (κ2) is 8.89. The number of nitrogens with one attached hydrogen (secondary N) is 1. The van der Waals surface area contributed by atoms with Crippen LogP contribution >= 0.6 is 12.4 Å². The molecule has 0 bridgehead atoms. The van der Waals surface area contributed by atoms with Crippen LogP contribution < -0.4 is 10.1 Å². The normalized spacial score (nSPS) is 18.6. The van der Waals surface area contributed by atoms with Crippen molar-refractivity contribution in [3.05, 3.63) is 71.8 Å². The van der Waals surface area contributed by atoms with Gasteiger partial charge in [-0.05, 0) is 59.5 Å². The number of aromatic nitrogens is 1. The Morgan fingerprint density at radius 3 is 2.79 bits per heavy atom. The van der Waals surface area contributed by atoms with Crippen LogP contribution in [-0.2, 0) is 6.54 Å². The summed E-state index contributed by atoms with van der Waals surface area (Å²) in [4.78, 5) is 4.19. The van der Waals surface area contributed by atoms with E-state index in [4.69, 9.17) is 4.74 Å². The van der Waals surface area contributed by atoms with Crippen LogP contribution in [-0.4, -0.2) is 17.1 Å². The molecule has 1 N–H and O–H groups in total. The highest BCUT2D eigenvalue weighted by molar-refractivity contribution is 5.85. The summed E-state index contributed by atoms with van der Waals surface area (Å²) in [5.74, 6) is 0.739. The van der Waals surface area contributed by atoms with Crippen LogP contribution in [0.4, 0.5) is 4.39 Å². The maximum atomic E-state index is 13.9. The second-order valence-corrected chi connectivity index (χ2v) is 7.57. The van der Waals surface area contributed by atoms with Crippen molar-refractivity contribution in [2.24, 2.45) is 0 Å². The molecule has 1 fully saturated rings. The maximum Gasteiger partial charge on any atom is 0.126 e. The Morgan fingerprint density at radius 1 is 1.18 bits per heavy atom. The lowest BCUT2D eigenvalue weighted by molar-refractivity contribution is 0.0717. The maximum absolute atomic E-state index is 13.9. The third-order valence-corrected chi connectivity index (χ3v) is 5.41. The molecule has 28 heavy (non-hydrogen) atoms. The van der Waals surface area contributed by atoms with Gasteiger partial charge in [-0.15, -0.1) is 12.4 Å². The van der Waals surface area contributed by atoms with Crippen LogP contribution in [0.2, 0.25) is 0 Å². The van der Waals surface area contributed by atoms with Crippen LogP contribution in [0.3, 0.4) is 0 Å². The predicted molar refractivity (Wildman–Crippen MR) is 114 cm³/mol. The molecule has 5 heteroatoms. The highest BCUT2D eigenvalue weighted by Crippen LogP contribution is 2.29. The first-order valence-corrected chi connectivity index (χ1v) is 9.63. The standard InChI is InChI=1S/C23H25FN2O.ClH/c1-15(2)20-12-18(6-7-21(20)24)27-23-9-8-22(23)26-14-17-5-3-4-16-13-25-11-10-19(16)17;/h3-7,10-13,15,22-23,26H,8-9,14H2,1-2H3;1H/t22-,23-;/m1./s1. The number of pyridine rings is 1. The van der Waals surface area contributed by atoms with Gasteiger partial charge in [-0.1, -0.05) is 32.0 Å². The molecule has 1 aromatic heterocycles. The van der Waals surface area contributed by atoms with Crippen LogP contribution in [0, 0.1) is 5.82 Å². The minimum absolute atomic E-state index is 0. The Labute approximate surface area is 171 Å². The van der Waals surface area contributed by atoms with Gasteiger partial charge < -0.3 is 10.1 Å². The van der Waals surface area contributed by atoms with Crippen LogP contribution in [0.1, 0.15) is 43.7 Å². The minimum Gasteiger partial charge on any atom is -0.489 e. The number of nitrogens with zero attached hydrogens (tertiary/aromatic N) is 1. The third kappa shape index (κ3) is 4.29. The van der Waals surface area contributed by atoms with Crippen molar-refractivity contribution in [3.63, 3.8) is 0 Å². The van der Waals surface area contributed by atoms with Gasteiger partial charge in [-0.3, -0.25) is 4.98 Å². The van der Waals surface area contributed by atoms with Gasteiger partial charge in [0.1, 0.15) is 17.7 Å². The summed E-state index contributed by atoms with van der Waals surface area (Å²) in [6, 6.07) is 13.8. The lowest BCUT2D eigenvalue weighted by Crippen LogP contribution is -2.50. The largest absolute Gasteiger partial charge is 0.489 e. The van der Waals surface area contributed by atoms with Gasteiger partial charge in [0.2, 0.25) is 0 Å². The zero-order valence-corrected chi connectivity index (χ0v) is 17.0. The fraction of sp³-hybridized carbons (Fsp3) is 0.348. The fourth-order valence-electron chi connectivity index (χ4n) is 3.64. The number of halogens is 2. The molecule has 0 saturated heterocycles. The SMILES string of the molecule is CC(C)c1cc(O[C@@H]2CC[C@H]2NCc2cccc3cnccc23)ccc1F.Cl. The van der Waals surface area contributed by atoms with Crippen molar-refractivity contribution in [1.29, 1.82) is 0 Å². The van der Waals surface area contributed by atoms with Gasteiger partial charge in [-0.2, -0.15) is 0 Å². The molecule has 0 spiro atoms. The van der Waals surface area contributed by atoms with E-state index >= 15 is 0 Å². The van der Waals surface area contributed by atoms with Gasteiger partial charge >= 0.3 is 0 Å². The van der Waals surface area contributed by atoms with Crippen LogP contribution in [0.5, 0.6) is 5.75 Å². The molecule has 148 valence electrons. The van der Waals surface area contributed by atoms with Crippen molar-refractivity contribution in [2.75, 3.05) is 0 Å². The second-order valence-electron chi connectivity index (χ2n) is 7.57. The summed E-state index contributed by atoms with van der Waals surface area (Å²) >= 11 is 0. The summed E-state index contributed by atoms with van der Waals surface area (Å²) in [5.41, 5.74) is 1.98. The smallest absolute Gasteiger partial charge is 0.126 e. The van der Waals surface area contributed by atoms with E-state index in [1.165, 1.54) is 17.0 Å². The molecule has 1 saturated carbocycles. The molecule has 1 aliphatic carbocycles. The van der Waals surface area contributed by atoms with E-state index < -0.39 is 0 Å². The number of benzene rings is 2. The summed E-state index contributed by atoms with van der Waals surface area (Å²) in [5, 5.41) is 6.02. The monoisotopic (exact) mass is 400 g/mol. The molecule has 0 unspecified atom stereocenters. The molecule has 4 rings (SSSR count). The third-order valence-electron chi connectivity index (χ3n) is 5.41. The van der Waals surface area contributed by atoms with Gasteiger partial charge in [-0.25, -0.2) is 4.39 Å². The summed E-state index contributed by atoms with van der Waals surface area (Å²) in [6.45, 7) is 4.79. The molecule has 0 aliphatic heterocycles. The highest BCUT2D eigenvalue weighted by atomic mass is 35.5. The number of hydrogen-bond donors (Lipinski definition) is 1. The Hall–Kier alpha value is -2.17. The average molecular weight is 401 g/mol. The highest BCUT2D eigenvalue weighted by Gasteiger charge is 2.32. The Kier molecular flexibility index (Phi) is 6.53. The van der Waals surface area contributed by atoms with Crippen LogP contribution in [0.15, 0.2) is 54.9 Å². The fourth-order valence-corrected chi connectivity index (χ4v) is 3.64. The molecule has 0 radical (unpaired) electrons. The molecule has 3 aromatic rings. The van der Waals surface area contributed by atoms with E-state index in [2.05, 4.69) is 34.6 Å². The number of hydrogen-bond acceptors (Lipinski definition) is 3. The first kappa shape index (κ1) is 20.6. The quantitative estimate of drug-likeness (QED) is 0.583. The van der Waals surface area contributed by atoms with Gasteiger partial charge in [0.25, 0.3) is 0 Å². The number of ether oxygens (including phenoxy) is 1. The molecule has 2 atom stereocenters. The summed E-state index contributed by atoms with van der Waals surface area (Å²) < 4.78 is 20.0. The van der Waals surface area contributed by atoms with Gasteiger partial charge in [0, 0.05) is 30.4 Å². The molecule has 1 heterocycles. The molecule has 2 aromatic carbocycles. The lowest BCUT2D eigenvalue weighted by atomic mass is 9.88. The topological polar surface area (TPSA) is 34.1 Å². The van der Waals surface area contributed by atoms with E-state index in [0.29, 0.717) is 11.6 Å². The van der Waals surface area contributed by atoms with Gasteiger partial charge in [0.15, 0.2) is 0 Å². The minimum atomic E-state index is -0.161. The van der Waals surface area contributed by atoms with E-state index in [0.717, 1.165) is 30.5 Å². The van der Waals surface area contributed by atoms with Crippen LogP contribution in [0.25, 0.3) is 10.8 Å². The Balaban J connectivity index is 0.00000225. The first-order valence-electron chi connectivity index (χ1n) is 9.63. The summed E-state index contributed by atoms with van der Waals surface area (Å²) in [6.07, 6.45) is 5.98. The van der Waals surface area contributed by atoms with Gasteiger partial charge in [0.05, 0.1) is 0 Å². The first-order chi connectivity index (χ1) is 13.1.